The maximum atomic E-state index is 12.8. The molecule has 5 heteroatoms. The molecule has 1 atom stereocenters. The van der Waals surface area contributed by atoms with Gasteiger partial charge in [0.2, 0.25) is 5.91 Å². The average molecular weight is 262 g/mol. The van der Waals surface area contributed by atoms with Gasteiger partial charge in [0, 0.05) is 11.1 Å². The minimum atomic E-state index is -0.867. The lowest BCUT2D eigenvalue weighted by Crippen LogP contribution is -2.28. The van der Waals surface area contributed by atoms with Crippen LogP contribution in [0.1, 0.15) is 23.8 Å². The molecular formula is C11H10Cl2FNO. The molecule has 1 aromatic rings. The van der Waals surface area contributed by atoms with Gasteiger partial charge in [-0.05, 0) is 30.5 Å². The molecule has 0 bridgehead atoms. The molecule has 1 saturated carbocycles. The topological polar surface area (TPSA) is 29.1 Å². The number of halogens is 3. The molecule has 16 heavy (non-hydrogen) atoms. The Kier molecular flexibility index (Phi) is 3.36. The normalized spacial score (nSPS) is 16.9. The monoisotopic (exact) mass is 261 g/mol. The van der Waals surface area contributed by atoms with Gasteiger partial charge in [-0.3, -0.25) is 4.79 Å². The van der Waals surface area contributed by atoms with Crippen LogP contribution in [0.3, 0.4) is 0 Å². The Labute approximate surface area is 103 Å². The molecule has 1 amide bonds. The summed E-state index contributed by atoms with van der Waals surface area (Å²) in [4.78, 5) is 11.6. The zero-order chi connectivity index (χ0) is 11.7. The van der Waals surface area contributed by atoms with Crippen molar-refractivity contribution in [2.24, 2.45) is 0 Å². The summed E-state index contributed by atoms with van der Waals surface area (Å²) < 4.78 is 12.8. The van der Waals surface area contributed by atoms with Gasteiger partial charge >= 0.3 is 0 Å². The molecule has 1 unspecified atom stereocenters. The van der Waals surface area contributed by atoms with E-state index in [2.05, 4.69) is 5.32 Å². The van der Waals surface area contributed by atoms with E-state index in [1.54, 1.807) is 0 Å². The van der Waals surface area contributed by atoms with Gasteiger partial charge in [-0.25, -0.2) is 4.39 Å². The van der Waals surface area contributed by atoms with E-state index in [-0.39, 0.29) is 17.0 Å². The van der Waals surface area contributed by atoms with E-state index in [9.17, 15) is 9.18 Å². The van der Waals surface area contributed by atoms with E-state index in [0.29, 0.717) is 5.56 Å². The molecule has 0 aliphatic heterocycles. The fourth-order valence-corrected chi connectivity index (χ4v) is 1.94. The first-order chi connectivity index (χ1) is 7.58. The number of amides is 1. The lowest BCUT2D eigenvalue weighted by Gasteiger charge is -2.11. The van der Waals surface area contributed by atoms with Gasteiger partial charge in [-0.15, -0.1) is 11.6 Å². The zero-order valence-electron chi connectivity index (χ0n) is 8.34. The highest BCUT2D eigenvalue weighted by Crippen LogP contribution is 2.30. The van der Waals surface area contributed by atoms with E-state index < -0.39 is 11.2 Å². The van der Waals surface area contributed by atoms with Crippen molar-refractivity contribution in [3.05, 3.63) is 34.6 Å². The van der Waals surface area contributed by atoms with E-state index in [4.69, 9.17) is 23.2 Å². The summed E-state index contributed by atoms with van der Waals surface area (Å²) in [6.07, 6.45) is 1.99. The van der Waals surface area contributed by atoms with Crippen LogP contribution in [0.5, 0.6) is 0 Å². The first-order valence-corrected chi connectivity index (χ1v) is 5.79. The van der Waals surface area contributed by atoms with Crippen molar-refractivity contribution in [2.45, 2.75) is 24.3 Å². The van der Waals surface area contributed by atoms with Gasteiger partial charge in [0.1, 0.15) is 11.2 Å². The first-order valence-electron chi connectivity index (χ1n) is 4.97. The number of carbonyl (C=O) groups excluding carboxylic acids is 1. The van der Waals surface area contributed by atoms with Crippen molar-refractivity contribution < 1.29 is 9.18 Å². The molecule has 0 radical (unpaired) electrons. The SMILES string of the molecule is O=C(NC1CC1)C(Cl)c1ccc(F)cc1Cl. The fourth-order valence-electron chi connectivity index (χ4n) is 1.35. The molecule has 2 rings (SSSR count). The number of rotatable bonds is 3. The Balaban J connectivity index is 2.12. The van der Waals surface area contributed by atoms with E-state index in [1.165, 1.54) is 12.1 Å². The second kappa shape index (κ2) is 4.60. The number of alkyl halides is 1. The maximum Gasteiger partial charge on any atom is 0.242 e. The molecule has 86 valence electrons. The first kappa shape index (κ1) is 11.7. The van der Waals surface area contributed by atoms with Crippen LogP contribution in [0.25, 0.3) is 0 Å². The largest absolute Gasteiger partial charge is 0.352 e. The number of hydrogen-bond acceptors (Lipinski definition) is 1. The minimum absolute atomic E-state index is 0.172. The maximum absolute atomic E-state index is 12.8. The van der Waals surface area contributed by atoms with Crippen LogP contribution in [0, 0.1) is 5.82 Å². The standard InChI is InChI=1S/C11H10Cl2FNO/c12-9-5-6(14)1-4-8(9)10(13)11(16)15-7-2-3-7/h1,4-5,7,10H,2-3H2,(H,15,16). The molecule has 1 aliphatic rings. The fraction of sp³-hybridized carbons (Fsp3) is 0.364. The summed E-state index contributed by atoms with van der Waals surface area (Å²) in [6, 6.07) is 4.06. The molecule has 1 fully saturated rings. The average Bonchev–Trinajstić information content (AvgIpc) is 3.00. The summed E-state index contributed by atoms with van der Waals surface area (Å²) in [6.45, 7) is 0. The minimum Gasteiger partial charge on any atom is -0.352 e. The molecule has 0 aromatic heterocycles. The Bertz CT molecular complexity index is 420. The number of benzene rings is 1. The second-order valence-corrected chi connectivity index (χ2v) is 4.65. The van der Waals surface area contributed by atoms with Crippen molar-refractivity contribution in [3.8, 4) is 0 Å². The predicted octanol–water partition coefficient (Wildman–Crippen LogP) is 3.04. The Morgan fingerprint density at radius 3 is 2.75 bits per heavy atom. The van der Waals surface area contributed by atoms with Crippen LogP contribution in [-0.4, -0.2) is 11.9 Å². The van der Waals surface area contributed by atoms with E-state index in [1.807, 2.05) is 0 Å². The lowest BCUT2D eigenvalue weighted by atomic mass is 10.1. The Morgan fingerprint density at radius 2 is 2.19 bits per heavy atom. The van der Waals surface area contributed by atoms with Gasteiger partial charge < -0.3 is 5.32 Å². The molecule has 2 nitrogen and oxygen atoms in total. The van der Waals surface area contributed by atoms with Crippen molar-refractivity contribution in [1.29, 1.82) is 0 Å². The molecule has 0 spiro atoms. The van der Waals surface area contributed by atoms with Crippen LogP contribution in [0.2, 0.25) is 5.02 Å². The highest BCUT2D eigenvalue weighted by Gasteiger charge is 2.28. The molecule has 1 aromatic carbocycles. The quantitative estimate of drug-likeness (QED) is 0.833. The number of nitrogens with one attached hydrogen (secondary N) is 1. The summed E-state index contributed by atoms with van der Waals surface area (Å²) in [5.74, 6) is -0.724. The van der Waals surface area contributed by atoms with Gasteiger partial charge in [0.05, 0.1) is 0 Å². The van der Waals surface area contributed by atoms with Gasteiger partial charge in [0.15, 0.2) is 0 Å². The highest BCUT2D eigenvalue weighted by atomic mass is 35.5. The molecular weight excluding hydrogens is 252 g/mol. The zero-order valence-corrected chi connectivity index (χ0v) is 9.85. The van der Waals surface area contributed by atoms with Crippen LogP contribution in [0.15, 0.2) is 18.2 Å². The van der Waals surface area contributed by atoms with Gasteiger partial charge in [-0.1, -0.05) is 17.7 Å². The summed E-state index contributed by atoms with van der Waals surface area (Å²) in [5, 5.41) is 2.08. The highest BCUT2D eigenvalue weighted by molar-refractivity contribution is 6.35. The third-order valence-electron chi connectivity index (χ3n) is 2.39. The lowest BCUT2D eigenvalue weighted by molar-refractivity contribution is -0.121. The van der Waals surface area contributed by atoms with Crippen LogP contribution in [0.4, 0.5) is 4.39 Å². The summed E-state index contributed by atoms with van der Waals surface area (Å²) >= 11 is 11.8. The van der Waals surface area contributed by atoms with Crippen LogP contribution in [-0.2, 0) is 4.79 Å². The van der Waals surface area contributed by atoms with Crippen molar-refractivity contribution in [2.75, 3.05) is 0 Å². The van der Waals surface area contributed by atoms with Crippen molar-refractivity contribution in [3.63, 3.8) is 0 Å². The third kappa shape index (κ3) is 2.66. The van der Waals surface area contributed by atoms with Crippen molar-refractivity contribution >= 4 is 29.1 Å². The third-order valence-corrected chi connectivity index (χ3v) is 3.15. The van der Waals surface area contributed by atoms with E-state index in [0.717, 1.165) is 18.9 Å². The van der Waals surface area contributed by atoms with Crippen molar-refractivity contribution in [1.82, 2.24) is 5.32 Å². The van der Waals surface area contributed by atoms with Gasteiger partial charge in [-0.2, -0.15) is 0 Å². The number of carbonyl (C=O) groups is 1. The Morgan fingerprint density at radius 1 is 1.50 bits per heavy atom. The summed E-state index contributed by atoms with van der Waals surface area (Å²) in [7, 11) is 0. The van der Waals surface area contributed by atoms with Gasteiger partial charge in [0.25, 0.3) is 0 Å². The van der Waals surface area contributed by atoms with Crippen LogP contribution < -0.4 is 5.32 Å². The van der Waals surface area contributed by atoms with E-state index >= 15 is 0 Å². The summed E-state index contributed by atoms with van der Waals surface area (Å²) in [5.41, 5.74) is 0.433. The Hall–Kier alpha value is -0.800. The molecule has 1 aliphatic carbocycles. The molecule has 0 saturated heterocycles. The second-order valence-electron chi connectivity index (χ2n) is 3.81. The predicted molar refractivity (Wildman–Crippen MR) is 61.2 cm³/mol. The molecule has 0 heterocycles. The smallest absolute Gasteiger partial charge is 0.242 e. The molecule has 1 N–H and O–H groups in total. The van der Waals surface area contributed by atoms with Crippen LogP contribution >= 0.6 is 23.2 Å². The number of hydrogen-bond donors (Lipinski definition) is 1.